The summed E-state index contributed by atoms with van der Waals surface area (Å²) in [6.07, 6.45) is 0. The first-order valence-electron chi connectivity index (χ1n) is 5.36. The minimum Gasteiger partial charge on any atom is -0.335 e. The van der Waals surface area contributed by atoms with Crippen LogP contribution in [0.1, 0.15) is 22.2 Å². The molecular formula is C11H16Cl2N2OS. The van der Waals surface area contributed by atoms with E-state index in [4.69, 9.17) is 11.6 Å². The molecule has 1 aromatic rings. The maximum atomic E-state index is 12.2. The molecule has 6 heteroatoms. The Balaban J connectivity index is 0.00000144. The maximum Gasteiger partial charge on any atom is 0.265 e. The Labute approximate surface area is 117 Å². The molecule has 1 atom stereocenters. The first-order valence-corrected chi connectivity index (χ1v) is 6.61. The predicted molar refractivity (Wildman–Crippen MR) is 74.7 cm³/mol. The molecule has 1 aliphatic heterocycles. The smallest absolute Gasteiger partial charge is 0.265 e. The van der Waals surface area contributed by atoms with Crippen LogP contribution in [0.2, 0.25) is 5.02 Å². The zero-order valence-electron chi connectivity index (χ0n) is 9.83. The molecule has 0 saturated carbocycles. The molecule has 1 fully saturated rings. The summed E-state index contributed by atoms with van der Waals surface area (Å²) in [7, 11) is 0. The Kier molecular flexibility index (Phi) is 5.25. The highest BCUT2D eigenvalue weighted by Crippen LogP contribution is 2.28. The van der Waals surface area contributed by atoms with Crippen LogP contribution in [0.3, 0.4) is 0 Å². The zero-order chi connectivity index (χ0) is 11.7. The van der Waals surface area contributed by atoms with E-state index in [1.54, 1.807) is 0 Å². The van der Waals surface area contributed by atoms with Gasteiger partial charge in [-0.15, -0.1) is 23.7 Å². The maximum absolute atomic E-state index is 12.2. The van der Waals surface area contributed by atoms with Gasteiger partial charge in [0.05, 0.1) is 5.02 Å². The van der Waals surface area contributed by atoms with Crippen LogP contribution in [0.25, 0.3) is 0 Å². The Morgan fingerprint density at radius 2 is 2.35 bits per heavy atom. The molecule has 3 nitrogen and oxygen atoms in total. The summed E-state index contributed by atoms with van der Waals surface area (Å²) in [6.45, 7) is 6.38. The van der Waals surface area contributed by atoms with Gasteiger partial charge >= 0.3 is 0 Å². The standard InChI is InChI=1S/C11H15ClN2OS.ClH/c1-7-6-16-10(9(7)12)11(15)14-4-3-13-8(2)5-14;/h6,8,13H,3-5H2,1-2H3;1H/t8-;/m1./s1. The number of aryl methyl sites for hydroxylation is 1. The van der Waals surface area contributed by atoms with Crippen LogP contribution in [0.15, 0.2) is 5.38 Å². The molecule has 0 unspecified atom stereocenters. The highest BCUT2D eigenvalue weighted by atomic mass is 35.5. The number of hydrogen-bond donors (Lipinski definition) is 1. The average Bonchev–Trinajstić information content (AvgIpc) is 2.59. The van der Waals surface area contributed by atoms with Crippen molar-refractivity contribution >= 4 is 41.3 Å². The van der Waals surface area contributed by atoms with E-state index in [0.717, 1.165) is 25.2 Å². The van der Waals surface area contributed by atoms with Crippen LogP contribution in [-0.2, 0) is 0 Å². The second-order valence-electron chi connectivity index (χ2n) is 4.17. The highest BCUT2D eigenvalue weighted by molar-refractivity contribution is 7.13. The van der Waals surface area contributed by atoms with E-state index in [2.05, 4.69) is 12.2 Å². The lowest BCUT2D eigenvalue weighted by Gasteiger charge is -2.31. The minimum atomic E-state index is 0. The van der Waals surface area contributed by atoms with Gasteiger partial charge in [-0.3, -0.25) is 4.79 Å². The number of hydrogen-bond acceptors (Lipinski definition) is 3. The van der Waals surface area contributed by atoms with Gasteiger partial charge in [0.15, 0.2) is 0 Å². The number of piperazine rings is 1. The number of nitrogens with zero attached hydrogens (tertiary/aromatic N) is 1. The monoisotopic (exact) mass is 294 g/mol. The van der Waals surface area contributed by atoms with Gasteiger partial charge in [0.1, 0.15) is 4.88 Å². The Morgan fingerprint density at radius 3 is 2.88 bits per heavy atom. The summed E-state index contributed by atoms with van der Waals surface area (Å²) in [5.41, 5.74) is 0.984. The zero-order valence-corrected chi connectivity index (χ0v) is 12.2. The molecule has 0 radical (unpaired) electrons. The van der Waals surface area contributed by atoms with Crippen molar-refractivity contribution in [1.29, 1.82) is 0 Å². The number of rotatable bonds is 1. The largest absolute Gasteiger partial charge is 0.335 e. The van der Waals surface area contributed by atoms with Crippen molar-refractivity contribution in [2.75, 3.05) is 19.6 Å². The number of nitrogens with one attached hydrogen (secondary N) is 1. The van der Waals surface area contributed by atoms with Crippen molar-refractivity contribution in [3.8, 4) is 0 Å². The molecule has 0 aromatic carbocycles. The summed E-state index contributed by atoms with van der Waals surface area (Å²) in [6, 6.07) is 0.359. The van der Waals surface area contributed by atoms with E-state index in [1.165, 1.54) is 11.3 Å². The van der Waals surface area contributed by atoms with Gasteiger partial charge in [-0.1, -0.05) is 11.6 Å². The van der Waals surface area contributed by atoms with Crippen LogP contribution in [0.4, 0.5) is 0 Å². The van der Waals surface area contributed by atoms with Gasteiger partial charge < -0.3 is 10.2 Å². The number of carbonyl (C=O) groups is 1. The van der Waals surface area contributed by atoms with E-state index in [0.29, 0.717) is 15.9 Å². The molecule has 1 aromatic heterocycles. The predicted octanol–water partition coefficient (Wildman–Crippen LogP) is 2.57. The van der Waals surface area contributed by atoms with E-state index < -0.39 is 0 Å². The van der Waals surface area contributed by atoms with Gasteiger partial charge in [0.25, 0.3) is 5.91 Å². The van der Waals surface area contributed by atoms with Crippen molar-refractivity contribution < 1.29 is 4.79 Å². The molecule has 1 saturated heterocycles. The average molecular weight is 295 g/mol. The number of halogens is 2. The quantitative estimate of drug-likeness (QED) is 0.863. The van der Waals surface area contributed by atoms with Crippen molar-refractivity contribution in [1.82, 2.24) is 10.2 Å². The van der Waals surface area contributed by atoms with Crippen LogP contribution in [0, 0.1) is 6.92 Å². The fraction of sp³-hybridized carbons (Fsp3) is 0.545. The van der Waals surface area contributed by atoms with Gasteiger partial charge in [-0.25, -0.2) is 0 Å². The lowest BCUT2D eigenvalue weighted by atomic mass is 10.2. The summed E-state index contributed by atoms with van der Waals surface area (Å²) < 4.78 is 0. The van der Waals surface area contributed by atoms with Crippen molar-refractivity contribution in [3.05, 3.63) is 20.8 Å². The second kappa shape index (κ2) is 6.05. The van der Waals surface area contributed by atoms with Gasteiger partial charge in [-0.2, -0.15) is 0 Å². The fourth-order valence-corrected chi connectivity index (χ4v) is 3.08. The number of thiophene rings is 1. The number of amides is 1. The SMILES string of the molecule is Cc1csc(C(=O)N2CCN[C@H](C)C2)c1Cl.Cl. The molecule has 96 valence electrons. The van der Waals surface area contributed by atoms with E-state index >= 15 is 0 Å². The molecule has 0 bridgehead atoms. The third-order valence-electron chi connectivity index (χ3n) is 2.75. The van der Waals surface area contributed by atoms with Gasteiger partial charge in [-0.05, 0) is 24.8 Å². The molecule has 2 rings (SSSR count). The summed E-state index contributed by atoms with van der Waals surface area (Å²) in [5, 5.41) is 5.86. The Morgan fingerprint density at radius 1 is 1.65 bits per heavy atom. The molecule has 0 spiro atoms. The Bertz CT molecular complexity index is 408. The van der Waals surface area contributed by atoms with E-state index in [1.807, 2.05) is 17.2 Å². The molecule has 0 aliphatic carbocycles. The normalized spacial score (nSPS) is 19.9. The summed E-state index contributed by atoms with van der Waals surface area (Å²) >= 11 is 7.54. The van der Waals surface area contributed by atoms with E-state index in [9.17, 15) is 4.79 Å². The first kappa shape index (κ1) is 14.8. The van der Waals surface area contributed by atoms with Crippen LogP contribution in [-0.4, -0.2) is 36.5 Å². The van der Waals surface area contributed by atoms with Crippen LogP contribution >= 0.6 is 35.3 Å². The molecule has 2 heterocycles. The van der Waals surface area contributed by atoms with Crippen molar-refractivity contribution in [2.45, 2.75) is 19.9 Å². The molecular weight excluding hydrogens is 279 g/mol. The first-order chi connectivity index (χ1) is 7.59. The fourth-order valence-electron chi connectivity index (χ4n) is 1.83. The van der Waals surface area contributed by atoms with Crippen molar-refractivity contribution in [3.63, 3.8) is 0 Å². The second-order valence-corrected chi connectivity index (χ2v) is 5.43. The molecule has 1 aliphatic rings. The Hall–Kier alpha value is -0.290. The summed E-state index contributed by atoms with van der Waals surface area (Å²) in [5.74, 6) is 0.0662. The van der Waals surface area contributed by atoms with E-state index in [-0.39, 0.29) is 18.3 Å². The van der Waals surface area contributed by atoms with Crippen molar-refractivity contribution in [2.24, 2.45) is 0 Å². The number of carbonyl (C=O) groups excluding carboxylic acids is 1. The molecule has 1 amide bonds. The van der Waals surface area contributed by atoms with Crippen LogP contribution < -0.4 is 5.32 Å². The van der Waals surface area contributed by atoms with Gasteiger partial charge in [0, 0.05) is 25.7 Å². The molecule has 1 N–H and O–H groups in total. The minimum absolute atomic E-state index is 0. The highest BCUT2D eigenvalue weighted by Gasteiger charge is 2.24. The topological polar surface area (TPSA) is 32.3 Å². The lowest BCUT2D eigenvalue weighted by molar-refractivity contribution is 0.0714. The molecule has 17 heavy (non-hydrogen) atoms. The van der Waals surface area contributed by atoms with Crippen LogP contribution in [0.5, 0.6) is 0 Å². The third kappa shape index (κ3) is 3.13. The van der Waals surface area contributed by atoms with Gasteiger partial charge in [0.2, 0.25) is 0 Å². The lowest BCUT2D eigenvalue weighted by Crippen LogP contribution is -2.51. The summed E-state index contributed by atoms with van der Waals surface area (Å²) in [4.78, 5) is 14.8. The third-order valence-corrected chi connectivity index (χ3v) is 4.43.